The molecule has 2 nitrogen and oxygen atoms in total. The quantitative estimate of drug-likeness (QED) is 0.755. The predicted octanol–water partition coefficient (Wildman–Crippen LogP) is 5.16. The SMILES string of the molecule is CCC12CC3CC(CN[C@H]4CC[C@H](N)CC4)(C1)CC(c1ccccc1)(C3)C2. The molecule has 27 heavy (non-hydrogen) atoms. The van der Waals surface area contributed by atoms with E-state index in [2.05, 4.69) is 42.6 Å². The van der Waals surface area contributed by atoms with E-state index in [9.17, 15) is 0 Å². The van der Waals surface area contributed by atoms with Crippen molar-refractivity contribution in [3.63, 3.8) is 0 Å². The molecule has 0 heterocycles. The first-order valence-electron chi connectivity index (χ1n) is 11.6. The minimum atomic E-state index is 0.451. The summed E-state index contributed by atoms with van der Waals surface area (Å²) in [5.41, 5.74) is 9.35. The average molecular weight is 367 g/mol. The van der Waals surface area contributed by atoms with Crippen molar-refractivity contribution < 1.29 is 0 Å². The van der Waals surface area contributed by atoms with Crippen molar-refractivity contribution in [2.45, 2.75) is 95.1 Å². The van der Waals surface area contributed by atoms with E-state index < -0.39 is 0 Å². The summed E-state index contributed by atoms with van der Waals surface area (Å²) in [6.45, 7) is 3.72. The van der Waals surface area contributed by atoms with Crippen molar-refractivity contribution in [2.24, 2.45) is 22.5 Å². The molecule has 148 valence electrons. The molecule has 4 unspecified atom stereocenters. The Labute approximate surface area is 165 Å². The van der Waals surface area contributed by atoms with Gasteiger partial charge >= 0.3 is 0 Å². The van der Waals surface area contributed by atoms with Crippen LogP contribution in [0.2, 0.25) is 0 Å². The lowest BCUT2D eigenvalue weighted by atomic mass is 9.38. The topological polar surface area (TPSA) is 38.0 Å². The first-order chi connectivity index (χ1) is 13.0. The molecule has 2 heteroatoms. The van der Waals surface area contributed by atoms with Crippen LogP contribution in [0.15, 0.2) is 30.3 Å². The zero-order chi connectivity index (χ0) is 18.5. The first-order valence-corrected chi connectivity index (χ1v) is 11.6. The second-order valence-corrected chi connectivity index (χ2v) is 11.0. The Morgan fingerprint density at radius 2 is 1.63 bits per heavy atom. The predicted molar refractivity (Wildman–Crippen MR) is 113 cm³/mol. The van der Waals surface area contributed by atoms with Crippen LogP contribution in [0, 0.1) is 16.7 Å². The summed E-state index contributed by atoms with van der Waals surface area (Å²) in [6.07, 6.45) is 15.1. The van der Waals surface area contributed by atoms with Gasteiger partial charge < -0.3 is 11.1 Å². The first kappa shape index (κ1) is 18.2. The standard InChI is InChI=1S/C25H38N2/c1-2-23-12-19-13-24(15-23,18-27-22-10-8-21(26)9-11-22)17-25(14-19,16-23)20-6-4-3-5-7-20/h3-7,19,21-22,27H,2,8-18,26H2,1H3/t19?,21-,22-,23?,24?,25?. The molecule has 3 N–H and O–H groups in total. The second kappa shape index (κ2) is 6.59. The Morgan fingerprint density at radius 1 is 0.926 bits per heavy atom. The third kappa shape index (κ3) is 3.17. The summed E-state index contributed by atoms with van der Waals surface area (Å²) in [5.74, 6) is 0.947. The van der Waals surface area contributed by atoms with E-state index in [1.807, 2.05) is 0 Å². The summed E-state index contributed by atoms with van der Waals surface area (Å²) in [7, 11) is 0. The van der Waals surface area contributed by atoms with Gasteiger partial charge in [-0.25, -0.2) is 0 Å². The molecular weight excluding hydrogens is 328 g/mol. The van der Waals surface area contributed by atoms with Crippen molar-refractivity contribution >= 4 is 0 Å². The Morgan fingerprint density at radius 3 is 2.37 bits per heavy atom. The molecule has 0 spiro atoms. The van der Waals surface area contributed by atoms with Gasteiger partial charge in [0.2, 0.25) is 0 Å². The molecule has 4 atom stereocenters. The normalized spacial score (nSPS) is 45.9. The molecular formula is C25H38N2. The summed E-state index contributed by atoms with van der Waals surface area (Å²) in [6, 6.07) is 12.7. The smallest absolute Gasteiger partial charge is 0.00684 e. The van der Waals surface area contributed by atoms with Gasteiger partial charge in [0, 0.05) is 18.6 Å². The highest BCUT2D eigenvalue weighted by Gasteiger charge is 2.62. The van der Waals surface area contributed by atoms with Crippen LogP contribution in [-0.2, 0) is 5.41 Å². The van der Waals surface area contributed by atoms with Gasteiger partial charge in [0.15, 0.2) is 0 Å². The van der Waals surface area contributed by atoms with Crippen LogP contribution >= 0.6 is 0 Å². The minimum absolute atomic E-state index is 0.451. The lowest BCUT2D eigenvalue weighted by Crippen LogP contribution is -2.61. The number of benzene rings is 1. The van der Waals surface area contributed by atoms with E-state index in [0.29, 0.717) is 28.3 Å². The van der Waals surface area contributed by atoms with E-state index in [4.69, 9.17) is 5.73 Å². The number of nitrogens with two attached hydrogens (primary N) is 1. The molecule has 0 radical (unpaired) electrons. The van der Waals surface area contributed by atoms with Gasteiger partial charge in [0.25, 0.3) is 0 Å². The molecule has 5 aliphatic rings. The van der Waals surface area contributed by atoms with E-state index in [0.717, 1.165) is 5.92 Å². The van der Waals surface area contributed by atoms with E-state index in [1.54, 1.807) is 5.56 Å². The lowest BCUT2D eigenvalue weighted by Gasteiger charge is -2.67. The average Bonchev–Trinajstić information content (AvgIpc) is 2.67. The number of hydrogen-bond acceptors (Lipinski definition) is 2. The fourth-order valence-electron chi connectivity index (χ4n) is 8.23. The third-order valence-corrected chi connectivity index (χ3v) is 8.97. The van der Waals surface area contributed by atoms with Gasteiger partial charge in [-0.1, -0.05) is 43.7 Å². The summed E-state index contributed by atoms with van der Waals surface area (Å²) < 4.78 is 0. The van der Waals surface area contributed by atoms with Gasteiger partial charge in [-0.05, 0) is 91.9 Å². The van der Waals surface area contributed by atoms with Crippen LogP contribution in [0.4, 0.5) is 0 Å². The van der Waals surface area contributed by atoms with Crippen molar-refractivity contribution in [1.29, 1.82) is 0 Å². The molecule has 1 aromatic carbocycles. The zero-order valence-electron chi connectivity index (χ0n) is 17.2. The van der Waals surface area contributed by atoms with Gasteiger partial charge in [0.1, 0.15) is 0 Å². The van der Waals surface area contributed by atoms with Gasteiger partial charge in [-0.15, -0.1) is 0 Å². The molecule has 1 aromatic rings. The molecule has 5 saturated carbocycles. The monoisotopic (exact) mass is 366 g/mol. The highest BCUT2D eigenvalue weighted by atomic mass is 14.9. The number of nitrogens with one attached hydrogen (secondary N) is 1. The highest BCUT2D eigenvalue weighted by molar-refractivity contribution is 5.32. The molecule has 0 aromatic heterocycles. The van der Waals surface area contributed by atoms with Crippen LogP contribution < -0.4 is 11.1 Å². The molecule has 0 saturated heterocycles. The molecule has 0 aliphatic heterocycles. The van der Waals surface area contributed by atoms with Crippen LogP contribution in [-0.4, -0.2) is 18.6 Å². The molecule has 4 bridgehead atoms. The maximum absolute atomic E-state index is 6.13. The van der Waals surface area contributed by atoms with Crippen LogP contribution in [0.5, 0.6) is 0 Å². The number of hydrogen-bond donors (Lipinski definition) is 2. The summed E-state index contributed by atoms with van der Waals surface area (Å²) in [5, 5.41) is 4.05. The Kier molecular flexibility index (Phi) is 4.44. The molecule has 5 aliphatic carbocycles. The van der Waals surface area contributed by atoms with Crippen molar-refractivity contribution in [3.8, 4) is 0 Å². The summed E-state index contributed by atoms with van der Waals surface area (Å²) >= 11 is 0. The van der Waals surface area contributed by atoms with Crippen LogP contribution in [0.25, 0.3) is 0 Å². The highest BCUT2D eigenvalue weighted by Crippen LogP contribution is 2.70. The molecule has 5 fully saturated rings. The Balaban J connectivity index is 1.40. The number of rotatable bonds is 5. The zero-order valence-corrected chi connectivity index (χ0v) is 17.2. The van der Waals surface area contributed by atoms with Gasteiger partial charge in [-0.2, -0.15) is 0 Å². The Bertz CT molecular complexity index is 664. The van der Waals surface area contributed by atoms with Gasteiger partial charge in [-0.3, -0.25) is 0 Å². The van der Waals surface area contributed by atoms with Crippen molar-refractivity contribution in [2.75, 3.05) is 6.54 Å². The molecule has 6 rings (SSSR count). The van der Waals surface area contributed by atoms with Gasteiger partial charge in [0.05, 0.1) is 0 Å². The summed E-state index contributed by atoms with van der Waals surface area (Å²) in [4.78, 5) is 0. The van der Waals surface area contributed by atoms with Crippen LogP contribution in [0.3, 0.4) is 0 Å². The second-order valence-electron chi connectivity index (χ2n) is 11.0. The van der Waals surface area contributed by atoms with E-state index >= 15 is 0 Å². The van der Waals surface area contributed by atoms with Crippen molar-refractivity contribution in [3.05, 3.63) is 35.9 Å². The molecule has 0 amide bonds. The maximum Gasteiger partial charge on any atom is 0.00684 e. The maximum atomic E-state index is 6.13. The van der Waals surface area contributed by atoms with Crippen molar-refractivity contribution in [1.82, 2.24) is 5.32 Å². The van der Waals surface area contributed by atoms with E-state index in [-0.39, 0.29) is 0 Å². The largest absolute Gasteiger partial charge is 0.328 e. The third-order valence-electron chi connectivity index (χ3n) is 8.97. The Hall–Kier alpha value is -0.860. The fourth-order valence-corrected chi connectivity index (χ4v) is 8.23. The van der Waals surface area contributed by atoms with E-state index in [1.165, 1.54) is 77.2 Å². The fraction of sp³-hybridized carbons (Fsp3) is 0.760. The minimum Gasteiger partial charge on any atom is -0.328 e. The van der Waals surface area contributed by atoms with Crippen LogP contribution in [0.1, 0.15) is 83.1 Å². The lowest BCUT2D eigenvalue weighted by molar-refractivity contribution is -0.127.